The van der Waals surface area contributed by atoms with Crippen molar-refractivity contribution in [1.82, 2.24) is 14.9 Å². The summed E-state index contributed by atoms with van der Waals surface area (Å²) in [6.45, 7) is 5.81. The summed E-state index contributed by atoms with van der Waals surface area (Å²) in [6.07, 6.45) is 9.49. The van der Waals surface area contributed by atoms with E-state index < -0.39 is 0 Å². The highest BCUT2D eigenvalue weighted by molar-refractivity contribution is 5.75. The van der Waals surface area contributed by atoms with Gasteiger partial charge in [0, 0.05) is 25.7 Å². The molecule has 4 nitrogen and oxygen atoms in total. The highest BCUT2D eigenvalue weighted by Crippen LogP contribution is 2.04. The molecule has 17 heavy (non-hydrogen) atoms. The molecule has 1 N–H and O–H groups in total. The SMILES string of the molecule is CCCNC(=O)CCCCCn1c[c]nc1C. The Morgan fingerprint density at radius 1 is 1.47 bits per heavy atom. The molecular formula is C13H22N3O. The van der Waals surface area contributed by atoms with Gasteiger partial charge in [0.05, 0.1) is 0 Å². The molecule has 4 heteroatoms. The first kappa shape index (κ1) is 13.7. The highest BCUT2D eigenvalue weighted by atomic mass is 16.1. The molecule has 0 aliphatic rings. The number of imidazole rings is 1. The van der Waals surface area contributed by atoms with Gasteiger partial charge < -0.3 is 9.88 Å². The molecule has 0 fully saturated rings. The van der Waals surface area contributed by atoms with E-state index in [9.17, 15) is 4.79 Å². The van der Waals surface area contributed by atoms with Crippen molar-refractivity contribution in [3.8, 4) is 0 Å². The number of unbranched alkanes of at least 4 members (excludes halogenated alkanes) is 2. The molecule has 95 valence electrons. The number of aromatic nitrogens is 2. The minimum Gasteiger partial charge on any atom is -0.356 e. The number of hydrogen-bond acceptors (Lipinski definition) is 2. The molecule has 0 bridgehead atoms. The van der Waals surface area contributed by atoms with E-state index in [0.717, 1.165) is 44.6 Å². The molecule has 0 spiro atoms. The Labute approximate surface area is 103 Å². The maximum absolute atomic E-state index is 11.3. The van der Waals surface area contributed by atoms with Crippen molar-refractivity contribution in [1.29, 1.82) is 0 Å². The summed E-state index contributed by atoms with van der Waals surface area (Å²) in [6, 6.07) is 0. The Balaban J connectivity index is 2.01. The Kier molecular flexibility index (Phi) is 6.37. The monoisotopic (exact) mass is 236 g/mol. The van der Waals surface area contributed by atoms with Gasteiger partial charge in [-0.2, -0.15) is 0 Å². The summed E-state index contributed by atoms with van der Waals surface area (Å²) < 4.78 is 2.09. The van der Waals surface area contributed by atoms with Gasteiger partial charge in [-0.3, -0.25) is 4.79 Å². The van der Waals surface area contributed by atoms with Crippen molar-refractivity contribution in [2.24, 2.45) is 0 Å². The Morgan fingerprint density at radius 3 is 2.94 bits per heavy atom. The molecule has 0 saturated heterocycles. The first-order valence-corrected chi connectivity index (χ1v) is 6.40. The van der Waals surface area contributed by atoms with Gasteiger partial charge >= 0.3 is 0 Å². The van der Waals surface area contributed by atoms with Crippen LogP contribution in [-0.4, -0.2) is 22.0 Å². The third kappa shape index (κ3) is 5.52. The Bertz CT molecular complexity index is 333. The average Bonchev–Trinajstić information content (AvgIpc) is 2.72. The van der Waals surface area contributed by atoms with E-state index in [1.807, 2.05) is 13.1 Å². The second-order valence-electron chi connectivity index (χ2n) is 4.27. The topological polar surface area (TPSA) is 46.9 Å². The number of aryl methyl sites for hydroxylation is 2. The number of carbonyl (C=O) groups is 1. The zero-order valence-corrected chi connectivity index (χ0v) is 10.8. The summed E-state index contributed by atoms with van der Waals surface area (Å²) in [4.78, 5) is 15.4. The van der Waals surface area contributed by atoms with Crippen LogP contribution in [0.5, 0.6) is 0 Å². The first-order valence-electron chi connectivity index (χ1n) is 6.40. The van der Waals surface area contributed by atoms with Gasteiger partial charge in [-0.05, 0) is 26.2 Å². The molecule has 1 aromatic rings. The van der Waals surface area contributed by atoms with Gasteiger partial charge in [0.2, 0.25) is 5.91 Å². The van der Waals surface area contributed by atoms with E-state index in [0.29, 0.717) is 6.42 Å². The second kappa shape index (κ2) is 7.87. The summed E-state index contributed by atoms with van der Waals surface area (Å²) >= 11 is 0. The lowest BCUT2D eigenvalue weighted by molar-refractivity contribution is -0.121. The lowest BCUT2D eigenvalue weighted by Crippen LogP contribution is -2.23. The molecule has 0 aromatic carbocycles. The van der Waals surface area contributed by atoms with Gasteiger partial charge in [-0.15, -0.1) is 0 Å². The Hall–Kier alpha value is -1.32. The molecule has 1 amide bonds. The van der Waals surface area contributed by atoms with Crippen LogP contribution in [0.25, 0.3) is 0 Å². The van der Waals surface area contributed by atoms with E-state index in [-0.39, 0.29) is 5.91 Å². The maximum Gasteiger partial charge on any atom is 0.219 e. The molecular weight excluding hydrogens is 214 g/mol. The summed E-state index contributed by atoms with van der Waals surface area (Å²) in [5.41, 5.74) is 0. The van der Waals surface area contributed by atoms with Crippen LogP contribution in [0.4, 0.5) is 0 Å². The average molecular weight is 236 g/mol. The normalized spacial score (nSPS) is 10.5. The number of hydrogen-bond donors (Lipinski definition) is 1. The van der Waals surface area contributed by atoms with Crippen molar-refractivity contribution in [3.05, 3.63) is 18.2 Å². The van der Waals surface area contributed by atoms with E-state index in [2.05, 4.69) is 28.0 Å². The smallest absolute Gasteiger partial charge is 0.219 e. The molecule has 0 saturated carbocycles. The number of nitrogens with zero attached hydrogens (tertiary/aromatic N) is 2. The quantitative estimate of drug-likeness (QED) is 0.702. The van der Waals surface area contributed by atoms with Crippen molar-refractivity contribution >= 4 is 5.91 Å². The largest absolute Gasteiger partial charge is 0.356 e. The maximum atomic E-state index is 11.3. The van der Waals surface area contributed by atoms with Crippen LogP contribution in [-0.2, 0) is 11.3 Å². The van der Waals surface area contributed by atoms with Crippen LogP contribution in [0.15, 0.2) is 6.20 Å². The van der Waals surface area contributed by atoms with Crippen molar-refractivity contribution in [2.75, 3.05) is 6.54 Å². The van der Waals surface area contributed by atoms with E-state index in [4.69, 9.17) is 0 Å². The van der Waals surface area contributed by atoms with Crippen molar-refractivity contribution in [3.63, 3.8) is 0 Å². The highest BCUT2D eigenvalue weighted by Gasteiger charge is 2.00. The third-order valence-corrected chi connectivity index (χ3v) is 2.73. The lowest BCUT2D eigenvalue weighted by atomic mass is 10.2. The molecule has 0 aliphatic heterocycles. The fourth-order valence-corrected chi connectivity index (χ4v) is 1.67. The van der Waals surface area contributed by atoms with E-state index >= 15 is 0 Å². The van der Waals surface area contributed by atoms with Gasteiger partial charge in [-0.25, -0.2) is 4.98 Å². The van der Waals surface area contributed by atoms with Gasteiger partial charge in [0.1, 0.15) is 12.0 Å². The predicted molar refractivity (Wildman–Crippen MR) is 67.6 cm³/mol. The Morgan fingerprint density at radius 2 is 2.29 bits per heavy atom. The third-order valence-electron chi connectivity index (χ3n) is 2.73. The van der Waals surface area contributed by atoms with Crippen LogP contribution >= 0.6 is 0 Å². The molecule has 1 rings (SSSR count). The molecule has 1 radical (unpaired) electrons. The van der Waals surface area contributed by atoms with Crippen LogP contribution in [0.1, 0.15) is 44.9 Å². The summed E-state index contributed by atoms with van der Waals surface area (Å²) in [7, 11) is 0. The second-order valence-corrected chi connectivity index (χ2v) is 4.27. The number of amides is 1. The standard InChI is InChI=1S/C13H22N3O/c1-3-8-15-13(17)7-5-4-6-10-16-11-9-14-12(16)2/h11H,3-8,10H2,1-2H3,(H,15,17). The first-order chi connectivity index (χ1) is 8.24. The van der Waals surface area contributed by atoms with E-state index in [1.165, 1.54) is 0 Å². The molecule has 0 aliphatic carbocycles. The minimum absolute atomic E-state index is 0.180. The fourth-order valence-electron chi connectivity index (χ4n) is 1.67. The molecule has 1 aromatic heterocycles. The fraction of sp³-hybridized carbons (Fsp3) is 0.692. The zero-order valence-electron chi connectivity index (χ0n) is 10.8. The molecule has 0 atom stereocenters. The number of nitrogens with one attached hydrogen (secondary N) is 1. The number of rotatable bonds is 8. The van der Waals surface area contributed by atoms with Crippen molar-refractivity contribution < 1.29 is 4.79 Å². The van der Waals surface area contributed by atoms with Crippen LogP contribution < -0.4 is 5.32 Å². The van der Waals surface area contributed by atoms with Gasteiger partial charge in [-0.1, -0.05) is 13.3 Å². The van der Waals surface area contributed by atoms with Gasteiger partial charge in [0.25, 0.3) is 0 Å². The van der Waals surface area contributed by atoms with E-state index in [1.54, 1.807) is 0 Å². The number of carbonyl (C=O) groups excluding carboxylic acids is 1. The zero-order chi connectivity index (χ0) is 12.5. The van der Waals surface area contributed by atoms with Crippen molar-refractivity contribution in [2.45, 2.75) is 52.5 Å². The predicted octanol–water partition coefficient (Wildman–Crippen LogP) is 2.08. The summed E-state index contributed by atoms with van der Waals surface area (Å²) in [5.74, 6) is 1.18. The minimum atomic E-state index is 0.180. The van der Waals surface area contributed by atoms with Gasteiger partial charge in [0.15, 0.2) is 0 Å². The van der Waals surface area contributed by atoms with Crippen LogP contribution in [0.3, 0.4) is 0 Å². The van der Waals surface area contributed by atoms with Crippen LogP contribution in [0, 0.1) is 13.1 Å². The summed E-state index contributed by atoms with van der Waals surface area (Å²) in [5, 5.41) is 2.89. The van der Waals surface area contributed by atoms with Crippen LogP contribution in [0.2, 0.25) is 0 Å². The lowest BCUT2D eigenvalue weighted by Gasteiger charge is -2.05. The molecule has 1 heterocycles. The molecule has 0 unspecified atom stereocenters.